The van der Waals surface area contributed by atoms with E-state index >= 15 is 0 Å². The molecule has 1 fully saturated rings. The number of piperazine rings is 1. The van der Waals surface area contributed by atoms with Crippen molar-refractivity contribution in [3.05, 3.63) is 29.3 Å². The number of aromatic carboxylic acids is 1. The topological polar surface area (TPSA) is 43.8 Å². The number of aryl methyl sites for hydroxylation is 1. The van der Waals surface area contributed by atoms with E-state index in [2.05, 4.69) is 23.6 Å². The lowest BCUT2D eigenvalue weighted by atomic mass is 10.1. The first-order valence-electron chi connectivity index (χ1n) is 7.28. The molecule has 110 valence electrons. The fourth-order valence-electron chi connectivity index (χ4n) is 2.78. The zero-order chi connectivity index (χ0) is 14.7. The van der Waals surface area contributed by atoms with Crippen molar-refractivity contribution in [2.24, 2.45) is 5.92 Å². The lowest BCUT2D eigenvalue weighted by Crippen LogP contribution is -2.47. The van der Waals surface area contributed by atoms with Crippen LogP contribution in [-0.2, 0) is 0 Å². The molecule has 1 aliphatic heterocycles. The molecule has 0 amide bonds. The maximum absolute atomic E-state index is 11.4. The number of anilines is 1. The van der Waals surface area contributed by atoms with Crippen molar-refractivity contribution in [1.29, 1.82) is 0 Å². The van der Waals surface area contributed by atoms with Crippen molar-refractivity contribution in [2.75, 3.05) is 37.6 Å². The first kappa shape index (κ1) is 14.9. The third-order valence-corrected chi connectivity index (χ3v) is 3.72. The van der Waals surface area contributed by atoms with Crippen LogP contribution in [0.4, 0.5) is 5.69 Å². The number of hydrogen-bond donors (Lipinski definition) is 1. The van der Waals surface area contributed by atoms with Crippen molar-refractivity contribution >= 4 is 11.7 Å². The first-order valence-corrected chi connectivity index (χ1v) is 7.28. The summed E-state index contributed by atoms with van der Waals surface area (Å²) in [5, 5.41) is 9.35. The summed E-state index contributed by atoms with van der Waals surface area (Å²) in [7, 11) is 0. The minimum absolute atomic E-state index is 0.419. The summed E-state index contributed by atoms with van der Waals surface area (Å²) in [6.45, 7) is 11.3. The van der Waals surface area contributed by atoms with Crippen LogP contribution in [0.3, 0.4) is 0 Å². The second kappa shape index (κ2) is 6.27. The first-order chi connectivity index (χ1) is 9.47. The highest BCUT2D eigenvalue weighted by molar-refractivity contribution is 5.94. The maximum atomic E-state index is 11.4. The molecule has 1 N–H and O–H groups in total. The quantitative estimate of drug-likeness (QED) is 0.917. The summed E-state index contributed by atoms with van der Waals surface area (Å²) >= 11 is 0. The smallest absolute Gasteiger partial charge is 0.337 e. The molecule has 4 nitrogen and oxygen atoms in total. The Morgan fingerprint density at radius 3 is 2.45 bits per heavy atom. The summed E-state index contributed by atoms with van der Waals surface area (Å²) in [6.07, 6.45) is 0. The number of carboxylic acids is 1. The predicted molar refractivity (Wildman–Crippen MR) is 81.6 cm³/mol. The number of hydrogen-bond acceptors (Lipinski definition) is 3. The average molecular weight is 276 g/mol. The summed E-state index contributed by atoms with van der Waals surface area (Å²) < 4.78 is 0. The predicted octanol–water partition coefficient (Wildman–Crippen LogP) is 2.47. The van der Waals surface area contributed by atoms with Gasteiger partial charge in [0.1, 0.15) is 0 Å². The highest BCUT2D eigenvalue weighted by atomic mass is 16.4. The fraction of sp³-hybridized carbons (Fsp3) is 0.562. The Kier molecular flexibility index (Phi) is 4.65. The van der Waals surface area contributed by atoms with Crippen molar-refractivity contribution < 1.29 is 9.90 Å². The van der Waals surface area contributed by atoms with Crippen LogP contribution in [0.25, 0.3) is 0 Å². The van der Waals surface area contributed by atoms with Gasteiger partial charge in [-0.1, -0.05) is 25.5 Å². The molecule has 0 spiro atoms. The van der Waals surface area contributed by atoms with Gasteiger partial charge < -0.3 is 10.0 Å². The van der Waals surface area contributed by atoms with E-state index in [0.29, 0.717) is 11.5 Å². The van der Waals surface area contributed by atoms with E-state index in [4.69, 9.17) is 0 Å². The van der Waals surface area contributed by atoms with Crippen molar-refractivity contribution in [1.82, 2.24) is 4.90 Å². The van der Waals surface area contributed by atoms with E-state index in [1.807, 2.05) is 19.1 Å². The van der Waals surface area contributed by atoms with Crippen LogP contribution in [0.15, 0.2) is 18.2 Å². The van der Waals surface area contributed by atoms with Crippen molar-refractivity contribution in [3.8, 4) is 0 Å². The Hall–Kier alpha value is -1.55. The lowest BCUT2D eigenvalue weighted by molar-refractivity contribution is 0.0697. The van der Waals surface area contributed by atoms with Gasteiger partial charge >= 0.3 is 5.97 Å². The fourth-order valence-corrected chi connectivity index (χ4v) is 2.78. The van der Waals surface area contributed by atoms with Crippen LogP contribution in [-0.4, -0.2) is 48.7 Å². The third kappa shape index (κ3) is 3.51. The SMILES string of the molecule is Cc1ccc(N2CCN(CC(C)C)CC2)c(C(=O)O)c1. The molecule has 20 heavy (non-hydrogen) atoms. The van der Waals surface area contributed by atoms with Crippen LogP contribution in [0.5, 0.6) is 0 Å². The lowest BCUT2D eigenvalue weighted by Gasteiger charge is -2.37. The largest absolute Gasteiger partial charge is 0.478 e. The van der Waals surface area contributed by atoms with E-state index in [1.54, 1.807) is 6.07 Å². The van der Waals surface area contributed by atoms with Crippen LogP contribution in [0.2, 0.25) is 0 Å². The van der Waals surface area contributed by atoms with Crippen LogP contribution in [0.1, 0.15) is 29.8 Å². The van der Waals surface area contributed by atoms with E-state index in [-0.39, 0.29) is 0 Å². The van der Waals surface area contributed by atoms with Gasteiger partial charge in [-0.25, -0.2) is 4.79 Å². The molecule has 0 radical (unpaired) electrons. The molecule has 0 aliphatic carbocycles. The summed E-state index contributed by atoms with van der Waals surface area (Å²) in [6, 6.07) is 5.69. The molecule has 1 aromatic carbocycles. The molecule has 0 atom stereocenters. The highest BCUT2D eigenvalue weighted by Crippen LogP contribution is 2.23. The summed E-state index contributed by atoms with van der Waals surface area (Å²) in [4.78, 5) is 16.0. The standard InChI is InChI=1S/C16H24N2O2/c1-12(2)11-17-6-8-18(9-7-17)15-5-4-13(3)10-14(15)16(19)20/h4-5,10,12H,6-9,11H2,1-3H3,(H,19,20). The van der Waals surface area contributed by atoms with Gasteiger partial charge in [0.25, 0.3) is 0 Å². The normalized spacial score (nSPS) is 16.7. The number of rotatable bonds is 4. The van der Waals surface area contributed by atoms with Gasteiger partial charge in [-0.05, 0) is 25.0 Å². The molecule has 0 bridgehead atoms. The molecular formula is C16H24N2O2. The maximum Gasteiger partial charge on any atom is 0.337 e. The molecule has 4 heteroatoms. The number of benzene rings is 1. The Labute approximate surface area is 121 Å². The van der Waals surface area contributed by atoms with E-state index in [1.165, 1.54) is 0 Å². The number of carboxylic acid groups (broad SMARTS) is 1. The highest BCUT2D eigenvalue weighted by Gasteiger charge is 2.21. The molecule has 0 saturated carbocycles. The van der Waals surface area contributed by atoms with Gasteiger partial charge in [-0.2, -0.15) is 0 Å². The van der Waals surface area contributed by atoms with E-state index in [0.717, 1.165) is 44.0 Å². The van der Waals surface area contributed by atoms with Gasteiger partial charge in [0, 0.05) is 32.7 Å². The number of nitrogens with zero attached hydrogens (tertiary/aromatic N) is 2. The molecule has 2 rings (SSSR count). The second-order valence-electron chi connectivity index (χ2n) is 6.01. The van der Waals surface area contributed by atoms with E-state index in [9.17, 15) is 9.90 Å². The summed E-state index contributed by atoms with van der Waals surface area (Å²) in [5.74, 6) is -0.163. The molecule has 0 unspecified atom stereocenters. The monoisotopic (exact) mass is 276 g/mol. The minimum atomic E-state index is -0.840. The Balaban J connectivity index is 2.09. The molecule has 1 aliphatic rings. The molecule has 0 aromatic heterocycles. The van der Waals surface area contributed by atoms with Gasteiger partial charge in [-0.3, -0.25) is 4.90 Å². The zero-order valence-corrected chi connectivity index (χ0v) is 12.6. The number of carbonyl (C=O) groups is 1. The average Bonchev–Trinajstić information content (AvgIpc) is 2.39. The zero-order valence-electron chi connectivity index (χ0n) is 12.6. The van der Waals surface area contributed by atoms with Crippen LogP contribution < -0.4 is 4.90 Å². The van der Waals surface area contributed by atoms with E-state index < -0.39 is 5.97 Å². The minimum Gasteiger partial charge on any atom is -0.478 e. The molecule has 1 heterocycles. The third-order valence-electron chi connectivity index (χ3n) is 3.72. The van der Waals surface area contributed by atoms with Gasteiger partial charge in [0.2, 0.25) is 0 Å². The molecule has 1 aromatic rings. The van der Waals surface area contributed by atoms with Crippen molar-refractivity contribution in [3.63, 3.8) is 0 Å². The van der Waals surface area contributed by atoms with Crippen molar-refractivity contribution in [2.45, 2.75) is 20.8 Å². The van der Waals surface area contributed by atoms with Crippen LogP contribution in [0, 0.1) is 12.8 Å². The molecular weight excluding hydrogens is 252 g/mol. The Morgan fingerprint density at radius 1 is 1.25 bits per heavy atom. The van der Waals surface area contributed by atoms with Gasteiger partial charge in [0.15, 0.2) is 0 Å². The Morgan fingerprint density at radius 2 is 1.90 bits per heavy atom. The van der Waals surface area contributed by atoms with Crippen LogP contribution >= 0.6 is 0 Å². The van der Waals surface area contributed by atoms with Gasteiger partial charge in [-0.15, -0.1) is 0 Å². The molecule has 1 saturated heterocycles. The van der Waals surface area contributed by atoms with Gasteiger partial charge in [0.05, 0.1) is 11.3 Å². The Bertz CT molecular complexity index is 477. The summed E-state index contributed by atoms with van der Waals surface area (Å²) in [5.41, 5.74) is 2.26. The second-order valence-corrected chi connectivity index (χ2v) is 6.01.